The van der Waals surface area contributed by atoms with E-state index in [2.05, 4.69) is 11.8 Å². The SMILES string of the molecule is CC(c1cccc(O)c1)N(C)CCOc1ccc(Cl)cc1. The first-order chi connectivity index (χ1) is 10.1. The predicted molar refractivity (Wildman–Crippen MR) is 86.1 cm³/mol. The minimum absolute atomic E-state index is 0.214. The molecule has 0 spiro atoms. The Labute approximate surface area is 130 Å². The highest BCUT2D eigenvalue weighted by Gasteiger charge is 2.11. The Bertz CT molecular complexity index is 571. The summed E-state index contributed by atoms with van der Waals surface area (Å²) in [4.78, 5) is 2.19. The first kappa shape index (κ1) is 15.7. The molecule has 2 aromatic carbocycles. The molecule has 0 aliphatic heterocycles. The molecule has 0 heterocycles. The van der Waals surface area contributed by atoms with Gasteiger partial charge < -0.3 is 9.84 Å². The number of ether oxygens (including phenoxy) is 1. The molecule has 0 radical (unpaired) electrons. The topological polar surface area (TPSA) is 32.7 Å². The minimum Gasteiger partial charge on any atom is -0.508 e. The van der Waals surface area contributed by atoms with E-state index < -0.39 is 0 Å². The van der Waals surface area contributed by atoms with Crippen LogP contribution in [0.3, 0.4) is 0 Å². The Morgan fingerprint density at radius 2 is 1.90 bits per heavy atom. The average molecular weight is 306 g/mol. The maximum atomic E-state index is 9.54. The van der Waals surface area contributed by atoms with Gasteiger partial charge in [0.1, 0.15) is 18.1 Å². The van der Waals surface area contributed by atoms with Crippen molar-refractivity contribution >= 4 is 11.6 Å². The summed E-state index contributed by atoms with van der Waals surface area (Å²) in [5, 5.41) is 10.2. The molecule has 0 aliphatic carbocycles. The molecular formula is C17H20ClNO2. The lowest BCUT2D eigenvalue weighted by atomic mass is 10.1. The van der Waals surface area contributed by atoms with Crippen LogP contribution < -0.4 is 4.74 Å². The Morgan fingerprint density at radius 1 is 1.19 bits per heavy atom. The Hall–Kier alpha value is -1.71. The molecule has 0 aromatic heterocycles. The summed E-state index contributed by atoms with van der Waals surface area (Å²) in [6.45, 7) is 3.50. The molecule has 112 valence electrons. The Balaban J connectivity index is 1.84. The van der Waals surface area contributed by atoms with Crippen LogP contribution in [0.5, 0.6) is 11.5 Å². The van der Waals surface area contributed by atoms with Crippen molar-refractivity contribution in [3.63, 3.8) is 0 Å². The summed E-state index contributed by atoms with van der Waals surface area (Å²) >= 11 is 5.83. The minimum atomic E-state index is 0.214. The molecule has 2 rings (SSSR count). The van der Waals surface area contributed by atoms with E-state index in [1.807, 2.05) is 43.4 Å². The number of rotatable bonds is 6. The summed E-state index contributed by atoms with van der Waals surface area (Å²) in [7, 11) is 2.04. The average Bonchev–Trinajstić information content (AvgIpc) is 2.48. The van der Waals surface area contributed by atoms with Crippen LogP contribution >= 0.6 is 11.6 Å². The Kier molecular flexibility index (Phi) is 5.48. The van der Waals surface area contributed by atoms with Gasteiger partial charge in [0.05, 0.1) is 0 Å². The van der Waals surface area contributed by atoms with Crippen molar-refractivity contribution in [2.45, 2.75) is 13.0 Å². The van der Waals surface area contributed by atoms with Gasteiger partial charge in [0, 0.05) is 17.6 Å². The Morgan fingerprint density at radius 3 is 2.57 bits per heavy atom. The summed E-state index contributed by atoms with van der Waals surface area (Å²) in [6.07, 6.45) is 0. The summed E-state index contributed by atoms with van der Waals surface area (Å²) in [5.41, 5.74) is 1.09. The van der Waals surface area contributed by atoms with E-state index >= 15 is 0 Å². The molecule has 21 heavy (non-hydrogen) atoms. The van der Waals surface area contributed by atoms with Crippen LogP contribution in [-0.2, 0) is 0 Å². The van der Waals surface area contributed by atoms with E-state index in [0.717, 1.165) is 17.9 Å². The van der Waals surface area contributed by atoms with E-state index in [0.29, 0.717) is 17.4 Å². The maximum Gasteiger partial charge on any atom is 0.119 e. The third kappa shape index (κ3) is 4.66. The maximum absolute atomic E-state index is 9.54. The van der Waals surface area contributed by atoms with E-state index in [1.165, 1.54) is 0 Å². The molecule has 0 saturated carbocycles. The van der Waals surface area contributed by atoms with Crippen molar-refractivity contribution < 1.29 is 9.84 Å². The highest BCUT2D eigenvalue weighted by atomic mass is 35.5. The number of hydrogen-bond acceptors (Lipinski definition) is 3. The normalized spacial score (nSPS) is 12.4. The molecule has 1 atom stereocenters. The molecule has 4 heteroatoms. The quantitative estimate of drug-likeness (QED) is 0.871. The molecule has 0 bridgehead atoms. The highest BCUT2D eigenvalue weighted by molar-refractivity contribution is 6.30. The summed E-state index contributed by atoms with van der Waals surface area (Å²) in [5.74, 6) is 1.11. The second-order valence-electron chi connectivity index (χ2n) is 5.05. The molecule has 1 unspecified atom stereocenters. The van der Waals surface area contributed by atoms with Crippen LogP contribution in [0.4, 0.5) is 0 Å². The highest BCUT2D eigenvalue weighted by Crippen LogP contribution is 2.22. The van der Waals surface area contributed by atoms with Crippen molar-refractivity contribution in [2.24, 2.45) is 0 Å². The van der Waals surface area contributed by atoms with Crippen LogP contribution in [-0.4, -0.2) is 30.2 Å². The monoisotopic (exact) mass is 305 g/mol. The van der Waals surface area contributed by atoms with Gasteiger partial charge in [-0.3, -0.25) is 4.90 Å². The fourth-order valence-corrected chi connectivity index (χ4v) is 2.20. The number of phenols is 1. The van der Waals surface area contributed by atoms with E-state index in [9.17, 15) is 5.11 Å². The van der Waals surface area contributed by atoms with Crippen molar-refractivity contribution in [2.75, 3.05) is 20.2 Å². The number of nitrogens with zero attached hydrogens (tertiary/aromatic N) is 1. The zero-order valence-corrected chi connectivity index (χ0v) is 13.0. The summed E-state index contributed by atoms with van der Waals surface area (Å²) < 4.78 is 5.69. The lowest BCUT2D eigenvalue weighted by molar-refractivity contribution is 0.201. The van der Waals surface area contributed by atoms with Gasteiger partial charge >= 0.3 is 0 Å². The second-order valence-corrected chi connectivity index (χ2v) is 5.49. The fraction of sp³-hybridized carbons (Fsp3) is 0.294. The first-order valence-corrected chi connectivity index (χ1v) is 7.31. The standard InChI is InChI=1S/C17H20ClNO2/c1-13(14-4-3-5-16(20)12-14)19(2)10-11-21-17-8-6-15(18)7-9-17/h3-9,12-13,20H,10-11H2,1-2H3. The molecule has 0 saturated heterocycles. The molecular weight excluding hydrogens is 286 g/mol. The largest absolute Gasteiger partial charge is 0.508 e. The van der Waals surface area contributed by atoms with E-state index in [4.69, 9.17) is 16.3 Å². The van der Waals surface area contributed by atoms with Gasteiger partial charge in [-0.1, -0.05) is 23.7 Å². The zero-order valence-electron chi connectivity index (χ0n) is 12.3. The molecule has 1 N–H and O–H groups in total. The number of aromatic hydroxyl groups is 1. The summed E-state index contributed by atoms with van der Waals surface area (Å²) in [6, 6.07) is 14.9. The van der Waals surface area contributed by atoms with Crippen LogP contribution in [0.1, 0.15) is 18.5 Å². The van der Waals surface area contributed by atoms with Crippen LogP contribution in [0.15, 0.2) is 48.5 Å². The third-order valence-corrected chi connectivity index (χ3v) is 3.79. The zero-order chi connectivity index (χ0) is 15.2. The van der Waals surface area contributed by atoms with Gasteiger partial charge in [-0.15, -0.1) is 0 Å². The molecule has 0 amide bonds. The smallest absolute Gasteiger partial charge is 0.119 e. The number of phenolic OH excluding ortho intramolecular Hbond substituents is 1. The number of likely N-dealkylation sites (N-methyl/N-ethyl adjacent to an activating group) is 1. The van der Waals surface area contributed by atoms with Crippen molar-refractivity contribution in [3.8, 4) is 11.5 Å². The van der Waals surface area contributed by atoms with Gasteiger partial charge in [-0.25, -0.2) is 0 Å². The lowest BCUT2D eigenvalue weighted by Crippen LogP contribution is -2.27. The van der Waals surface area contributed by atoms with Crippen molar-refractivity contribution in [3.05, 3.63) is 59.1 Å². The van der Waals surface area contributed by atoms with Gasteiger partial charge in [0.25, 0.3) is 0 Å². The number of halogens is 1. The second kappa shape index (κ2) is 7.34. The van der Waals surface area contributed by atoms with Gasteiger partial charge in [0.15, 0.2) is 0 Å². The molecule has 3 nitrogen and oxygen atoms in total. The molecule has 0 aliphatic rings. The van der Waals surface area contributed by atoms with Gasteiger partial charge in [-0.05, 0) is 55.9 Å². The predicted octanol–water partition coefficient (Wildman–Crippen LogP) is 4.12. The number of benzene rings is 2. The van der Waals surface area contributed by atoms with E-state index in [-0.39, 0.29) is 6.04 Å². The van der Waals surface area contributed by atoms with Gasteiger partial charge in [0.2, 0.25) is 0 Å². The van der Waals surface area contributed by atoms with Crippen LogP contribution in [0.25, 0.3) is 0 Å². The third-order valence-electron chi connectivity index (χ3n) is 3.54. The fourth-order valence-electron chi connectivity index (χ4n) is 2.07. The van der Waals surface area contributed by atoms with Crippen LogP contribution in [0.2, 0.25) is 5.02 Å². The van der Waals surface area contributed by atoms with E-state index in [1.54, 1.807) is 12.1 Å². The van der Waals surface area contributed by atoms with Gasteiger partial charge in [-0.2, -0.15) is 0 Å². The first-order valence-electron chi connectivity index (χ1n) is 6.94. The molecule has 0 fully saturated rings. The van der Waals surface area contributed by atoms with Crippen molar-refractivity contribution in [1.82, 2.24) is 4.90 Å². The number of hydrogen-bond donors (Lipinski definition) is 1. The van der Waals surface area contributed by atoms with Crippen molar-refractivity contribution in [1.29, 1.82) is 0 Å². The lowest BCUT2D eigenvalue weighted by Gasteiger charge is -2.25. The van der Waals surface area contributed by atoms with Crippen LogP contribution in [0, 0.1) is 0 Å². The molecule has 2 aromatic rings.